The van der Waals surface area contributed by atoms with E-state index >= 15 is 0 Å². The van der Waals surface area contributed by atoms with Crippen LogP contribution in [0.1, 0.15) is 23.6 Å². The summed E-state index contributed by atoms with van der Waals surface area (Å²) in [5.41, 5.74) is 7.34. The Bertz CT molecular complexity index is 701. The number of nitrogens with zero attached hydrogens (tertiary/aromatic N) is 4. The van der Waals surface area contributed by atoms with Crippen LogP contribution in [0.4, 0.5) is 0 Å². The first-order valence-corrected chi connectivity index (χ1v) is 7.73. The van der Waals surface area contributed by atoms with Gasteiger partial charge >= 0.3 is 0 Å². The van der Waals surface area contributed by atoms with Gasteiger partial charge in [-0.2, -0.15) is 0 Å². The number of thiophene rings is 1. The summed E-state index contributed by atoms with van der Waals surface area (Å²) in [7, 11) is 0. The highest BCUT2D eigenvalue weighted by Crippen LogP contribution is 2.26. The second-order valence-corrected chi connectivity index (χ2v) is 5.75. The second kappa shape index (κ2) is 6.19. The van der Waals surface area contributed by atoms with Gasteiger partial charge in [-0.05, 0) is 37.8 Å². The number of aromatic nitrogens is 4. The van der Waals surface area contributed by atoms with Gasteiger partial charge in [-0.3, -0.25) is 0 Å². The fraction of sp³-hybridized carbons (Fsp3) is 0.357. The maximum Gasteiger partial charge on any atom is 0.236 e. The minimum absolute atomic E-state index is 0.566. The Morgan fingerprint density at radius 2 is 2.33 bits per heavy atom. The van der Waals surface area contributed by atoms with Crippen molar-refractivity contribution in [1.82, 2.24) is 20.0 Å². The molecule has 3 aromatic heterocycles. The van der Waals surface area contributed by atoms with Crippen molar-refractivity contribution >= 4 is 11.3 Å². The molecule has 0 saturated carbocycles. The molecule has 3 heterocycles. The molecule has 0 amide bonds. The Morgan fingerprint density at radius 1 is 1.43 bits per heavy atom. The van der Waals surface area contributed by atoms with Crippen molar-refractivity contribution in [3.63, 3.8) is 0 Å². The predicted octanol–water partition coefficient (Wildman–Crippen LogP) is 2.24. The average molecular weight is 303 g/mol. The molecule has 110 valence electrons. The van der Waals surface area contributed by atoms with Gasteiger partial charge in [0.15, 0.2) is 0 Å². The van der Waals surface area contributed by atoms with Crippen LogP contribution in [0, 0.1) is 6.92 Å². The fourth-order valence-corrected chi connectivity index (χ4v) is 2.70. The maximum atomic E-state index is 5.72. The first-order chi connectivity index (χ1) is 10.3. The van der Waals surface area contributed by atoms with E-state index in [1.54, 1.807) is 16.0 Å². The van der Waals surface area contributed by atoms with Crippen LogP contribution >= 0.6 is 11.3 Å². The van der Waals surface area contributed by atoms with E-state index in [1.165, 1.54) is 0 Å². The minimum Gasteiger partial charge on any atom is -0.440 e. The standard InChI is InChI=1S/C14H17N5OS/c1-10-12(16-14(20-10)13-5-3-7-21-13)9-19-8-11(17-18-19)4-2-6-15/h3,5,7-8H,2,4,6,9,15H2,1H3. The zero-order valence-electron chi connectivity index (χ0n) is 11.8. The number of hydrogen-bond acceptors (Lipinski definition) is 6. The molecule has 3 rings (SSSR count). The van der Waals surface area contributed by atoms with Crippen molar-refractivity contribution < 1.29 is 4.42 Å². The average Bonchev–Trinajstić information content (AvgIpc) is 3.19. The SMILES string of the molecule is Cc1oc(-c2cccs2)nc1Cn1cc(CCCN)nn1. The first-order valence-electron chi connectivity index (χ1n) is 6.85. The van der Waals surface area contributed by atoms with E-state index in [0.29, 0.717) is 19.0 Å². The zero-order chi connectivity index (χ0) is 14.7. The van der Waals surface area contributed by atoms with Crippen molar-refractivity contribution in [3.05, 3.63) is 40.9 Å². The lowest BCUT2D eigenvalue weighted by Gasteiger charge is -1.96. The summed E-state index contributed by atoms with van der Waals surface area (Å²) in [6.07, 6.45) is 3.72. The molecule has 0 unspecified atom stereocenters. The van der Waals surface area contributed by atoms with Gasteiger partial charge in [-0.15, -0.1) is 16.4 Å². The second-order valence-electron chi connectivity index (χ2n) is 4.80. The minimum atomic E-state index is 0.566. The molecule has 0 fully saturated rings. The predicted molar refractivity (Wildman–Crippen MR) is 81.1 cm³/mol. The van der Waals surface area contributed by atoms with Crippen LogP contribution in [0.15, 0.2) is 28.1 Å². The molecule has 0 saturated heterocycles. The van der Waals surface area contributed by atoms with Gasteiger partial charge in [0.2, 0.25) is 5.89 Å². The highest BCUT2D eigenvalue weighted by molar-refractivity contribution is 7.13. The lowest BCUT2D eigenvalue weighted by molar-refractivity contribution is 0.536. The molecule has 0 aliphatic carbocycles. The molecular formula is C14H17N5OS. The molecular weight excluding hydrogens is 286 g/mol. The largest absolute Gasteiger partial charge is 0.440 e. The van der Waals surface area contributed by atoms with Crippen LogP contribution < -0.4 is 5.73 Å². The third-order valence-electron chi connectivity index (χ3n) is 3.16. The summed E-state index contributed by atoms with van der Waals surface area (Å²) in [5.74, 6) is 1.48. The Morgan fingerprint density at radius 3 is 3.10 bits per heavy atom. The molecule has 3 aromatic rings. The molecule has 2 N–H and O–H groups in total. The van der Waals surface area contributed by atoms with Crippen LogP contribution in [0.5, 0.6) is 0 Å². The lowest BCUT2D eigenvalue weighted by atomic mass is 10.2. The van der Waals surface area contributed by atoms with E-state index in [1.807, 2.05) is 30.6 Å². The van der Waals surface area contributed by atoms with Crippen molar-refractivity contribution in [2.45, 2.75) is 26.3 Å². The topological polar surface area (TPSA) is 82.8 Å². The van der Waals surface area contributed by atoms with E-state index in [-0.39, 0.29) is 0 Å². The molecule has 0 atom stereocenters. The summed E-state index contributed by atoms with van der Waals surface area (Å²) in [4.78, 5) is 5.59. The number of nitrogens with two attached hydrogens (primary N) is 1. The molecule has 0 spiro atoms. The Hall–Kier alpha value is -1.99. The molecule has 0 radical (unpaired) electrons. The van der Waals surface area contributed by atoms with Gasteiger partial charge in [0, 0.05) is 6.20 Å². The number of hydrogen-bond donors (Lipinski definition) is 1. The van der Waals surface area contributed by atoms with Crippen LogP contribution in [0.3, 0.4) is 0 Å². The number of aryl methyl sites for hydroxylation is 2. The van der Waals surface area contributed by atoms with E-state index in [9.17, 15) is 0 Å². The van der Waals surface area contributed by atoms with Crippen molar-refractivity contribution in [1.29, 1.82) is 0 Å². The summed E-state index contributed by atoms with van der Waals surface area (Å²) >= 11 is 1.61. The summed E-state index contributed by atoms with van der Waals surface area (Å²) < 4.78 is 7.51. The Kier molecular flexibility index (Phi) is 4.12. The van der Waals surface area contributed by atoms with Gasteiger partial charge in [0.1, 0.15) is 11.5 Å². The van der Waals surface area contributed by atoms with E-state index < -0.39 is 0 Å². The summed E-state index contributed by atoms with van der Waals surface area (Å²) in [6, 6.07) is 3.99. The molecule has 7 heteroatoms. The highest BCUT2D eigenvalue weighted by Gasteiger charge is 2.13. The third kappa shape index (κ3) is 3.20. The van der Waals surface area contributed by atoms with Gasteiger partial charge in [0.05, 0.1) is 17.1 Å². The maximum absolute atomic E-state index is 5.72. The highest BCUT2D eigenvalue weighted by atomic mass is 32.1. The van der Waals surface area contributed by atoms with Crippen molar-refractivity contribution in [2.75, 3.05) is 6.54 Å². The molecule has 0 aromatic carbocycles. The van der Waals surface area contributed by atoms with E-state index in [4.69, 9.17) is 10.2 Å². The monoisotopic (exact) mass is 303 g/mol. The Balaban J connectivity index is 1.74. The van der Waals surface area contributed by atoms with Gasteiger partial charge in [0.25, 0.3) is 0 Å². The number of oxazole rings is 1. The van der Waals surface area contributed by atoms with Crippen molar-refractivity contribution in [3.8, 4) is 10.8 Å². The van der Waals surface area contributed by atoms with Gasteiger partial charge in [-0.1, -0.05) is 11.3 Å². The molecule has 0 bridgehead atoms. The van der Waals surface area contributed by atoms with E-state index in [2.05, 4.69) is 15.3 Å². The normalized spacial score (nSPS) is 11.1. The van der Waals surface area contributed by atoms with Crippen LogP contribution in [0.2, 0.25) is 0 Å². The molecule has 6 nitrogen and oxygen atoms in total. The van der Waals surface area contributed by atoms with E-state index in [0.717, 1.165) is 34.9 Å². The van der Waals surface area contributed by atoms with Gasteiger partial charge < -0.3 is 10.2 Å². The third-order valence-corrected chi connectivity index (χ3v) is 4.02. The lowest BCUT2D eigenvalue weighted by Crippen LogP contribution is -2.02. The zero-order valence-corrected chi connectivity index (χ0v) is 12.6. The number of rotatable bonds is 6. The molecule has 21 heavy (non-hydrogen) atoms. The first kappa shape index (κ1) is 14.0. The fourth-order valence-electron chi connectivity index (χ4n) is 2.05. The molecule has 0 aliphatic heterocycles. The van der Waals surface area contributed by atoms with Crippen LogP contribution in [0.25, 0.3) is 10.8 Å². The van der Waals surface area contributed by atoms with Gasteiger partial charge in [-0.25, -0.2) is 9.67 Å². The van der Waals surface area contributed by atoms with Crippen LogP contribution in [-0.4, -0.2) is 26.5 Å². The molecule has 0 aliphatic rings. The van der Waals surface area contributed by atoms with Crippen LogP contribution in [-0.2, 0) is 13.0 Å². The summed E-state index contributed by atoms with van der Waals surface area (Å²) in [5, 5.41) is 10.3. The van der Waals surface area contributed by atoms with Crippen molar-refractivity contribution in [2.24, 2.45) is 5.73 Å². The Labute approximate surface area is 126 Å². The quantitative estimate of drug-likeness (QED) is 0.755. The smallest absolute Gasteiger partial charge is 0.236 e. The summed E-state index contributed by atoms with van der Waals surface area (Å²) in [6.45, 7) is 3.15.